The number of nitro groups is 1. The lowest BCUT2D eigenvalue weighted by Gasteiger charge is -2.36. The van der Waals surface area contributed by atoms with Crippen LogP contribution in [0.4, 0.5) is 26.2 Å². The summed E-state index contributed by atoms with van der Waals surface area (Å²) in [7, 11) is 0. The number of nitrogens with one attached hydrogen (secondary N) is 1. The topological polar surface area (TPSA) is 95.8 Å². The van der Waals surface area contributed by atoms with E-state index in [2.05, 4.69) is 5.32 Å². The van der Waals surface area contributed by atoms with Crippen LogP contribution in [0.25, 0.3) is 0 Å². The van der Waals surface area contributed by atoms with Gasteiger partial charge in [-0.2, -0.15) is 0 Å². The summed E-state index contributed by atoms with van der Waals surface area (Å²) < 4.78 is 14.3. The quantitative estimate of drug-likeness (QED) is 0.494. The van der Waals surface area contributed by atoms with E-state index >= 15 is 0 Å². The molecule has 2 aromatic rings. The highest BCUT2D eigenvalue weighted by Gasteiger charge is 2.23. The number of non-ortho nitro benzene ring substituents is 1. The smallest absolute Gasteiger partial charge is 0.321 e. The number of amides is 2. The fraction of sp³-hybridized carbons (Fsp3) is 0.263. The van der Waals surface area contributed by atoms with Crippen LogP contribution in [0, 0.1) is 15.9 Å². The molecular formula is C19H19FN4O4. The average Bonchev–Trinajstić information content (AvgIpc) is 2.68. The number of carbonyl (C=O) groups excluding carboxylic acids is 2. The van der Waals surface area contributed by atoms with E-state index in [-0.39, 0.29) is 17.5 Å². The van der Waals surface area contributed by atoms with Crippen LogP contribution >= 0.6 is 0 Å². The number of urea groups is 1. The van der Waals surface area contributed by atoms with Crippen molar-refractivity contribution in [2.24, 2.45) is 0 Å². The first kappa shape index (κ1) is 19.3. The Hall–Kier alpha value is -3.49. The Kier molecular flexibility index (Phi) is 5.53. The monoisotopic (exact) mass is 386 g/mol. The van der Waals surface area contributed by atoms with Crippen LogP contribution in [0.2, 0.25) is 0 Å². The highest BCUT2D eigenvalue weighted by atomic mass is 19.1. The van der Waals surface area contributed by atoms with E-state index in [4.69, 9.17) is 0 Å². The molecule has 2 aromatic carbocycles. The van der Waals surface area contributed by atoms with Crippen molar-refractivity contribution in [3.63, 3.8) is 0 Å². The molecule has 0 spiro atoms. The molecule has 9 heteroatoms. The zero-order valence-corrected chi connectivity index (χ0v) is 15.2. The number of Topliss-reactive ketones (excluding diaryl/α,β-unsaturated/α-hetero) is 1. The van der Waals surface area contributed by atoms with Gasteiger partial charge in [0.2, 0.25) is 0 Å². The van der Waals surface area contributed by atoms with E-state index < -0.39 is 10.7 Å². The third-order valence-electron chi connectivity index (χ3n) is 4.57. The second-order valence-corrected chi connectivity index (χ2v) is 6.43. The molecule has 1 saturated heterocycles. The van der Waals surface area contributed by atoms with Gasteiger partial charge in [-0.25, -0.2) is 9.18 Å². The molecule has 1 heterocycles. The van der Waals surface area contributed by atoms with Crippen molar-refractivity contribution in [3.8, 4) is 0 Å². The summed E-state index contributed by atoms with van der Waals surface area (Å²) in [5.41, 5.74) is 0.944. The summed E-state index contributed by atoms with van der Waals surface area (Å²) in [6.07, 6.45) is 0. The third kappa shape index (κ3) is 4.25. The highest BCUT2D eigenvalue weighted by molar-refractivity contribution is 5.94. The minimum Gasteiger partial charge on any atom is -0.366 e. The minimum atomic E-state index is -0.527. The number of nitrogens with zero attached hydrogens (tertiary/aromatic N) is 3. The van der Waals surface area contributed by atoms with E-state index in [9.17, 15) is 24.1 Å². The number of nitro benzene ring substituents is 1. The zero-order valence-electron chi connectivity index (χ0n) is 15.2. The van der Waals surface area contributed by atoms with Crippen molar-refractivity contribution < 1.29 is 18.9 Å². The van der Waals surface area contributed by atoms with Crippen molar-refractivity contribution in [1.29, 1.82) is 0 Å². The number of carbonyl (C=O) groups is 2. The number of anilines is 2. The largest absolute Gasteiger partial charge is 0.366 e. The molecule has 0 unspecified atom stereocenters. The Morgan fingerprint density at radius 1 is 1.11 bits per heavy atom. The van der Waals surface area contributed by atoms with Gasteiger partial charge in [-0.3, -0.25) is 14.9 Å². The Morgan fingerprint density at radius 3 is 2.43 bits per heavy atom. The van der Waals surface area contributed by atoms with Gasteiger partial charge in [-0.15, -0.1) is 0 Å². The van der Waals surface area contributed by atoms with Crippen LogP contribution in [0.15, 0.2) is 42.5 Å². The summed E-state index contributed by atoms with van der Waals surface area (Å²) in [4.78, 5) is 37.4. The lowest BCUT2D eigenvalue weighted by Crippen LogP contribution is -2.50. The Balaban J connectivity index is 1.60. The average molecular weight is 386 g/mol. The number of piperazine rings is 1. The second-order valence-electron chi connectivity index (χ2n) is 6.43. The molecule has 0 aromatic heterocycles. The number of benzene rings is 2. The van der Waals surface area contributed by atoms with Gasteiger partial charge < -0.3 is 15.1 Å². The number of halogens is 1. The number of ketones is 1. The van der Waals surface area contributed by atoms with Crippen molar-refractivity contribution in [1.82, 2.24) is 4.90 Å². The van der Waals surface area contributed by atoms with E-state index in [0.29, 0.717) is 43.1 Å². The normalized spacial score (nSPS) is 13.9. The van der Waals surface area contributed by atoms with Crippen LogP contribution in [-0.4, -0.2) is 47.8 Å². The number of hydrogen-bond donors (Lipinski definition) is 1. The van der Waals surface area contributed by atoms with Gasteiger partial charge in [-0.05, 0) is 31.2 Å². The van der Waals surface area contributed by atoms with Crippen LogP contribution in [0.5, 0.6) is 0 Å². The van der Waals surface area contributed by atoms with Crippen molar-refractivity contribution in [2.45, 2.75) is 6.92 Å². The lowest BCUT2D eigenvalue weighted by molar-refractivity contribution is -0.384. The van der Waals surface area contributed by atoms with Gasteiger partial charge in [0.15, 0.2) is 5.78 Å². The molecule has 146 valence electrons. The Labute approximate surface area is 160 Å². The maximum Gasteiger partial charge on any atom is 0.321 e. The Morgan fingerprint density at radius 2 is 1.82 bits per heavy atom. The zero-order chi connectivity index (χ0) is 20.3. The SMILES string of the molecule is CC(=O)c1ccc(N2CCN(C(=O)Nc3cccc([N+](=O)[O-])c3)CC2)c(F)c1. The van der Waals surface area contributed by atoms with E-state index in [1.807, 2.05) is 4.90 Å². The van der Waals surface area contributed by atoms with Crippen molar-refractivity contribution >= 4 is 28.9 Å². The predicted molar refractivity (Wildman–Crippen MR) is 102 cm³/mol. The summed E-state index contributed by atoms with van der Waals surface area (Å²) in [5, 5.41) is 13.5. The van der Waals surface area contributed by atoms with Crippen LogP contribution in [0.3, 0.4) is 0 Å². The third-order valence-corrected chi connectivity index (χ3v) is 4.57. The molecule has 0 aliphatic carbocycles. The molecule has 3 rings (SSSR count). The molecule has 2 amide bonds. The second kappa shape index (κ2) is 8.03. The standard InChI is InChI=1S/C19H19FN4O4/c1-13(25)14-5-6-18(17(20)11-14)22-7-9-23(10-8-22)19(26)21-15-3-2-4-16(12-15)24(27)28/h2-6,11-12H,7-10H2,1H3,(H,21,26). The van der Waals surface area contributed by atoms with Crippen molar-refractivity contribution in [3.05, 3.63) is 64.0 Å². The van der Waals surface area contributed by atoms with Crippen LogP contribution < -0.4 is 10.2 Å². The van der Waals surface area contributed by atoms with E-state index in [1.165, 1.54) is 31.2 Å². The summed E-state index contributed by atoms with van der Waals surface area (Å²) >= 11 is 0. The molecule has 8 nitrogen and oxygen atoms in total. The molecule has 1 aliphatic rings. The molecule has 28 heavy (non-hydrogen) atoms. The van der Waals surface area contributed by atoms with Gasteiger partial charge >= 0.3 is 6.03 Å². The maximum absolute atomic E-state index is 14.3. The van der Waals surface area contributed by atoms with Crippen LogP contribution in [-0.2, 0) is 0 Å². The molecular weight excluding hydrogens is 367 g/mol. The first-order valence-electron chi connectivity index (χ1n) is 8.71. The number of rotatable bonds is 4. The fourth-order valence-electron chi connectivity index (χ4n) is 3.03. The van der Waals surface area contributed by atoms with Gasteiger partial charge in [0.1, 0.15) is 5.82 Å². The summed E-state index contributed by atoms with van der Waals surface area (Å²) in [6.45, 7) is 2.98. The predicted octanol–water partition coefficient (Wildman–Crippen LogP) is 3.29. The molecule has 1 aliphatic heterocycles. The maximum atomic E-state index is 14.3. The molecule has 0 radical (unpaired) electrons. The summed E-state index contributed by atoms with van der Waals surface area (Å²) in [5.74, 6) is -0.671. The summed E-state index contributed by atoms with van der Waals surface area (Å²) in [6, 6.07) is 9.73. The number of hydrogen-bond acceptors (Lipinski definition) is 5. The van der Waals surface area contributed by atoms with Gasteiger partial charge in [-0.1, -0.05) is 6.07 Å². The van der Waals surface area contributed by atoms with Gasteiger partial charge in [0.05, 0.1) is 10.6 Å². The van der Waals surface area contributed by atoms with Gasteiger partial charge in [0, 0.05) is 49.6 Å². The first-order chi connectivity index (χ1) is 13.3. The Bertz CT molecular complexity index is 926. The van der Waals surface area contributed by atoms with Crippen molar-refractivity contribution in [2.75, 3.05) is 36.4 Å². The van der Waals surface area contributed by atoms with E-state index in [1.54, 1.807) is 23.1 Å². The lowest BCUT2D eigenvalue weighted by atomic mass is 10.1. The first-order valence-corrected chi connectivity index (χ1v) is 8.71. The molecule has 0 atom stereocenters. The van der Waals surface area contributed by atoms with Gasteiger partial charge in [0.25, 0.3) is 5.69 Å². The fourth-order valence-corrected chi connectivity index (χ4v) is 3.03. The molecule has 0 bridgehead atoms. The van der Waals surface area contributed by atoms with Crippen LogP contribution in [0.1, 0.15) is 17.3 Å². The molecule has 0 saturated carbocycles. The highest BCUT2D eigenvalue weighted by Crippen LogP contribution is 2.23. The molecule has 1 fully saturated rings. The molecule has 1 N–H and O–H groups in total. The van der Waals surface area contributed by atoms with E-state index in [0.717, 1.165) is 0 Å². The minimum absolute atomic E-state index is 0.105.